The van der Waals surface area contributed by atoms with Crippen LogP contribution in [-0.2, 0) is 11.0 Å². The van der Waals surface area contributed by atoms with Gasteiger partial charge in [0.15, 0.2) is 0 Å². The van der Waals surface area contributed by atoms with E-state index in [9.17, 15) is 18.0 Å². The third-order valence-corrected chi connectivity index (χ3v) is 3.00. The molecule has 1 heterocycles. The van der Waals surface area contributed by atoms with Crippen LogP contribution in [0.3, 0.4) is 0 Å². The SMILES string of the molecule is O=C(/C=C/c1ccc(Cl)c(C(F)(F)F)c1)Nc1ccncc1. The molecule has 0 fully saturated rings. The van der Waals surface area contributed by atoms with Gasteiger partial charge in [0.1, 0.15) is 0 Å². The van der Waals surface area contributed by atoms with Gasteiger partial charge in [0, 0.05) is 24.2 Å². The number of aromatic nitrogens is 1. The summed E-state index contributed by atoms with van der Waals surface area (Å²) in [4.78, 5) is 15.5. The standard InChI is InChI=1S/C15H10ClF3N2O/c16-13-3-1-10(9-12(13)15(17,18)19)2-4-14(22)21-11-5-7-20-8-6-11/h1-9H,(H,20,21,22)/b4-2+. The number of hydrogen-bond donors (Lipinski definition) is 1. The van der Waals surface area contributed by atoms with Crippen molar-refractivity contribution in [2.45, 2.75) is 6.18 Å². The van der Waals surface area contributed by atoms with Gasteiger partial charge in [-0.2, -0.15) is 13.2 Å². The Morgan fingerprint density at radius 2 is 1.86 bits per heavy atom. The van der Waals surface area contributed by atoms with Crippen molar-refractivity contribution in [1.82, 2.24) is 4.98 Å². The van der Waals surface area contributed by atoms with Crippen molar-refractivity contribution < 1.29 is 18.0 Å². The van der Waals surface area contributed by atoms with Crippen LogP contribution in [0.25, 0.3) is 6.08 Å². The van der Waals surface area contributed by atoms with Crippen LogP contribution >= 0.6 is 11.6 Å². The number of alkyl halides is 3. The highest BCUT2D eigenvalue weighted by molar-refractivity contribution is 6.31. The summed E-state index contributed by atoms with van der Waals surface area (Å²) in [5, 5.41) is 2.17. The minimum absolute atomic E-state index is 0.224. The van der Waals surface area contributed by atoms with E-state index in [0.29, 0.717) is 5.69 Å². The molecule has 0 spiro atoms. The first-order valence-electron chi connectivity index (χ1n) is 6.12. The Morgan fingerprint density at radius 1 is 1.18 bits per heavy atom. The fourth-order valence-electron chi connectivity index (χ4n) is 1.65. The number of pyridine rings is 1. The summed E-state index contributed by atoms with van der Waals surface area (Å²) < 4.78 is 38.2. The van der Waals surface area contributed by atoms with E-state index in [1.54, 1.807) is 12.1 Å². The van der Waals surface area contributed by atoms with Crippen LogP contribution in [0.1, 0.15) is 11.1 Å². The number of carbonyl (C=O) groups excluding carboxylic acids is 1. The topological polar surface area (TPSA) is 42.0 Å². The van der Waals surface area contributed by atoms with E-state index in [2.05, 4.69) is 10.3 Å². The average Bonchev–Trinajstić information content (AvgIpc) is 2.46. The maximum absolute atomic E-state index is 12.7. The molecule has 114 valence electrons. The van der Waals surface area contributed by atoms with Gasteiger partial charge in [0.25, 0.3) is 0 Å². The van der Waals surface area contributed by atoms with E-state index in [1.165, 1.54) is 24.5 Å². The summed E-state index contributed by atoms with van der Waals surface area (Å²) >= 11 is 5.52. The van der Waals surface area contributed by atoms with Gasteiger partial charge in [-0.15, -0.1) is 0 Å². The number of nitrogens with one attached hydrogen (secondary N) is 1. The summed E-state index contributed by atoms with van der Waals surface area (Å²) in [6.45, 7) is 0. The Labute approximate surface area is 129 Å². The molecule has 1 N–H and O–H groups in total. The van der Waals surface area contributed by atoms with Gasteiger partial charge in [-0.3, -0.25) is 9.78 Å². The van der Waals surface area contributed by atoms with Crippen LogP contribution in [0.15, 0.2) is 48.8 Å². The summed E-state index contributed by atoms with van der Waals surface area (Å²) in [5.41, 5.74) is -0.177. The molecule has 0 aliphatic heterocycles. The van der Waals surface area contributed by atoms with Gasteiger partial charge in [-0.1, -0.05) is 17.7 Å². The Balaban J connectivity index is 2.12. The molecule has 0 bridgehead atoms. The molecule has 0 unspecified atom stereocenters. The monoisotopic (exact) mass is 326 g/mol. The molecule has 0 aliphatic carbocycles. The molecule has 1 aromatic carbocycles. The van der Waals surface area contributed by atoms with Gasteiger partial charge in [-0.05, 0) is 35.9 Å². The summed E-state index contributed by atoms with van der Waals surface area (Å²) in [7, 11) is 0. The van der Waals surface area contributed by atoms with Crippen molar-refractivity contribution >= 4 is 29.3 Å². The van der Waals surface area contributed by atoms with E-state index in [1.807, 2.05) is 0 Å². The van der Waals surface area contributed by atoms with Crippen molar-refractivity contribution in [3.63, 3.8) is 0 Å². The molecule has 1 aromatic heterocycles. The largest absolute Gasteiger partial charge is 0.417 e. The van der Waals surface area contributed by atoms with E-state index in [-0.39, 0.29) is 10.6 Å². The highest BCUT2D eigenvalue weighted by Crippen LogP contribution is 2.35. The normalized spacial score (nSPS) is 11.6. The molecule has 0 radical (unpaired) electrons. The molecule has 0 atom stereocenters. The maximum Gasteiger partial charge on any atom is 0.417 e. The van der Waals surface area contributed by atoms with Crippen molar-refractivity contribution in [3.8, 4) is 0 Å². The zero-order chi connectivity index (χ0) is 16.2. The molecule has 2 aromatic rings. The molecule has 7 heteroatoms. The van der Waals surface area contributed by atoms with Crippen LogP contribution in [0.4, 0.5) is 18.9 Å². The highest BCUT2D eigenvalue weighted by atomic mass is 35.5. The fraction of sp³-hybridized carbons (Fsp3) is 0.0667. The molecule has 0 aliphatic rings. The van der Waals surface area contributed by atoms with Gasteiger partial charge in [-0.25, -0.2) is 0 Å². The molecule has 0 saturated carbocycles. The number of rotatable bonds is 3. The van der Waals surface area contributed by atoms with E-state index in [0.717, 1.165) is 18.2 Å². The summed E-state index contributed by atoms with van der Waals surface area (Å²) in [6.07, 6.45) is 0.897. The van der Waals surface area contributed by atoms with E-state index >= 15 is 0 Å². The molecular formula is C15H10ClF3N2O. The lowest BCUT2D eigenvalue weighted by atomic mass is 10.1. The maximum atomic E-state index is 12.7. The summed E-state index contributed by atoms with van der Waals surface area (Å²) in [5.74, 6) is -0.463. The van der Waals surface area contributed by atoms with Crippen molar-refractivity contribution in [1.29, 1.82) is 0 Å². The van der Waals surface area contributed by atoms with Gasteiger partial charge in [0.2, 0.25) is 5.91 Å². The van der Waals surface area contributed by atoms with Gasteiger partial charge >= 0.3 is 6.18 Å². The van der Waals surface area contributed by atoms with Crippen molar-refractivity contribution in [2.24, 2.45) is 0 Å². The highest BCUT2D eigenvalue weighted by Gasteiger charge is 2.33. The Morgan fingerprint density at radius 3 is 2.50 bits per heavy atom. The lowest BCUT2D eigenvalue weighted by Crippen LogP contribution is -2.08. The number of carbonyl (C=O) groups is 1. The third kappa shape index (κ3) is 4.33. The number of benzene rings is 1. The minimum Gasteiger partial charge on any atom is -0.322 e. The smallest absolute Gasteiger partial charge is 0.322 e. The first kappa shape index (κ1) is 16.0. The Bertz CT molecular complexity index is 700. The predicted molar refractivity (Wildman–Crippen MR) is 78.4 cm³/mol. The molecule has 1 amide bonds. The second-order valence-electron chi connectivity index (χ2n) is 4.30. The van der Waals surface area contributed by atoms with Crippen LogP contribution in [-0.4, -0.2) is 10.9 Å². The van der Waals surface area contributed by atoms with Crippen LogP contribution < -0.4 is 5.32 Å². The zero-order valence-corrected chi connectivity index (χ0v) is 11.8. The average molecular weight is 327 g/mol. The molecule has 2 rings (SSSR count). The van der Waals surface area contributed by atoms with Crippen LogP contribution in [0.2, 0.25) is 5.02 Å². The van der Waals surface area contributed by atoms with Crippen molar-refractivity contribution in [2.75, 3.05) is 5.32 Å². The second-order valence-corrected chi connectivity index (χ2v) is 4.70. The number of nitrogens with zero attached hydrogens (tertiary/aromatic N) is 1. The molecule has 0 saturated heterocycles. The Kier molecular flexibility index (Phi) is 4.82. The lowest BCUT2D eigenvalue weighted by molar-refractivity contribution is -0.137. The first-order valence-corrected chi connectivity index (χ1v) is 6.50. The van der Waals surface area contributed by atoms with Crippen LogP contribution in [0.5, 0.6) is 0 Å². The van der Waals surface area contributed by atoms with E-state index < -0.39 is 17.6 Å². The van der Waals surface area contributed by atoms with E-state index in [4.69, 9.17) is 11.6 Å². The fourth-order valence-corrected chi connectivity index (χ4v) is 1.88. The number of anilines is 1. The Hall–Kier alpha value is -2.34. The second kappa shape index (κ2) is 6.62. The zero-order valence-electron chi connectivity index (χ0n) is 11.1. The van der Waals surface area contributed by atoms with Crippen LogP contribution in [0, 0.1) is 0 Å². The van der Waals surface area contributed by atoms with Crippen molar-refractivity contribution in [3.05, 3.63) is 65.0 Å². The van der Waals surface area contributed by atoms with Gasteiger partial charge < -0.3 is 5.32 Å². The quantitative estimate of drug-likeness (QED) is 0.849. The number of hydrogen-bond acceptors (Lipinski definition) is 2. The number of halogens is 4. The van der Waals surface area contributed by atoms with Gasteiger partial charge in [0.05, 0.1) is 10.6 Å². The minimum atomic E-state index is -4.54. The molecular weight excluding hydrogens is 317 g/mol. The molecule has 3 nitrogen and oxygen atoms in total. The third-order valence-electron chi connectivity index (χ3n) is 2.67. The molecule has 22 heavy (non-hydrogen) atoms. The first-order chi connectivity index (χ1) is 10.4. The predicted octanol–water partition coefficient (Wildman–Crippen LogP) is 4.41. The summed E-state index contributed by atoms with van der Waals surface area (Å²) in [6, 6.07) is 6.61. The lowest BCUT2D eigenvalue weighted by Gasteiger charge is -2.09. The number of amides is 1.